The minimum atomic E-state index is -4.75. The van der Waals surface area contributed by atoms with Gasteiger partial charge in [0, 0.05) is 12.1 Å². The highest BCUT2D eigenvalue weighted by Gasteiger charge is 2.33. The summed E-state index contributed by atoms with van der Waals surface area (Å²) >= 11 is 0. The van der Waals surface area contributed by atoms with Crippen molar-refractivity contribution in [2.45, 2.75) is 19.2 Å². The van der Waals surface area contributed by atoms with Crippen molar-refractivity contribution < 1.29 is 32.0 Å². The molecule has 27 heavy (non-hydrogen) atoms. The maximum absolute atomic E-state index is 13.1. The van der Waals surface area contributed by atoms with E-state index in [1.165, 1.54) is 25.1 Å². The van der Waals surface area contributed by atoms with Crippen molar-refractivity contribution in [2.75, 3.05) is 5.43 Å². The van der Waals surface area contributed by atoms with Crippen LogP contribution in [0.4, 0.5) is 28.9 Å². The minimum Gasteiger partial charge on any atom is -0.481 e. The Balaban J connectivity index is 2.06. The fraction of sp³-hybridized carbons (Fsp3) is 0.188. The van der Waals surface area contributed by atoms with E-state index < -0.39 is 40.2 Å². The van der Waals surface area contributed by atoms with Crippen LogP contribution < -0.4 is 15.6 Å². The summed E-state index contributed by atoms with van der Waals surface area (Å²) in [5.41, 5.74) is 1.86. The molecule has 0 bridgehead atoms. The Morgan fingerprint density at radius 1 is 1.22 bits per heavy atom. The third-order valence-corrected chi connectivity index (χ3v) is 3.32. The summed E-state index contributed by atoms with van der Waals surface area (Å²) < 4.78 is 56.3. The topological polar surface area (TPSA) is 93.5 Å². The zero-order valence-electron chi connectivity index (χ0n) is 13.7. The van der Waals surface area contributed by atoms with Gasteiger partial charge in [0.25, 0.3) is 11.6 Å². The normalized spacial score (nSPS) is 12.2. The molecule has 0 aliphatic carbocycles. The molecule has 0 aliphatic heterocycles. The Kier molecular flexibility index (Phi) is 5.83. The predicted octanol–water partition coefficient (Wildman–Crippen LogP) is 3.66. The maximum atomic E-state index is 13.1. The first kappa shape index (κ1) is 19.9. The standard InChI is InChI=1S/C16H13F4N3O4/c1-9(27-12-4-2-3-11(17)8-12)15(24)22-21-13-6-5-10(16(18,19)20)7-14(13)23(25)26/h2-9,21H,1H3,(H,22,24)/t9-/m0/s1. The molecule has 2 rings (SSSR count). The molecule has 0 heterocycles. The number of alkyl halides is 3. The number of nitro benzene ring substituents is 1. The molecule has 0 radical (unpaired) electrons. The van der Waals surface area contributed by atoms with Gasteiger partial charge >= 0.3 is 6.18 Å². The molecule has 0 aliphatic rings. The molecular weight excluding hydrogens is 374 g/mol. The third kappa shape index (κ3) is 5.30. The summed E-state index contributed by atoms with van der Waals surface area (Å²) in [7, 11) is 0. The summed E-state index contributed by atoms with van der Waals surface area (Å²) in [5.74, 6) is -1.27. The number of hydrogen-bond donors (Lipinski definition) is 2. The molecule has 1 atom stereocenters. The van der Waals surface area contributed by atoms with Gasteiger partial charge in [0.05, 0.1) is 10.5 Å². The van der Waals surface area contributed by atoms with Crippen LogP contribution in [0.3, 0.4) is 0 Å². The van der Waals surface area contributed by atoms with Gasteiger partial charge in [-0.2, -0.15) is 13.2 Å². The smallest absolute Gasteiger partial charge is 0.416 e. The van der Waals surface area contributed by atoms with Crippen molar-refractivity contribution in [1.29, 1.82) is 0 Å². The fourth-order valence-corrected chi connectivity index (χ4v) is 1.99. The summed E-state index contributed by atoms with van der Waals surface area (Å²) in [5, 5.41) is 11.0. The van der Waals surface area contributed by atoms with Crippen molar-refractivity contribution in [1.82, 2.24) is 5.43 Å². The average molecular weight is 387 g/mol. The summed E-state index contributed by atoms with van der Waals surface area (Å²) in [6.07, 6.45) is -5.87. The molecule has 144 valence electrons. The Morgan fingerprint density at radius 3 is 2.52 bits per heavy atom. The molecule has 0 saturated heterocycles. The second kappa shape index (κ2) is 7.89. The Morgan fingerprint density at radius 2 is 1.93 bits per heavy atom. The molecule has 2 aromatic carbocycles. The molecular formula is C16H13F4N3O4. The number of benzene rings is 2. The van der Waals surface area contributed by atoms with Gasteiger partial charge in [-0.25, -0.2) is 4.39 Å². The predicted molar refractivity (Wildman–Crippen MR) is 86.4 cm³/mol. The van der Waals surface area contributed by atoms with Gasteiger partial charge in [0.2, 0.25) is 0 Å². The number of amides is 1. The van der Waals surface area contributed by atoms with E-state index in [1.807, 2.05) is 0 Å². The van der Waals surface area contributed by atoms with E-state index in [0.717, 1.165) is 12.1 Å². The van der Waals surface area contributed by atoms with Crippen molar-refractivity contribution in [3.8, 4) is 5.75 Å². The van der Waals surface area contributed by atoms with Crippen molar-refractivity contribution in [3.05, 3.63) is 64.0 Å². The first-order valence-corrected chi connectivity index (χ1v) is 7.41. The Hall–Kier alpha value is -3.37. The number of nitrogens with one attached hydrogen (secondary N) is 2. The van der Waals surface area contributed by atoms with E-state index in [0.29, 0.717) is 12.1 Å². The number of anilines is 1. The number of halogens is 4. The van der Waals surface area contributed by atoms with Crippen LogP contribution in [0, 0.1) is 15.9 Å². The zero-order valence-corrected chi connectivity index (χ0v) is 13.7. The lowest BCUT2D eigenvalue weighted by Gasteiger charge is -2.16. The number of nitrogens with zero attached hydrogens (tertiary/aromatic N) is 1. The molecule has 0 unspecified atom stereocenters. The highest BCUT2D eigenvalue weighted by molar-refractivity contribution is 5.82. The largest absolute Gasteiger partial charge is 0.481 e. The van der Waals surface area contributed by atoms with Gasteiger partial charge in [0.15, 0.2) is 6.10 Å². The Labute approximate surface area is 150 Å². The second-order valence-electron chi connectivity index (χ2n) is 5.32. The lowest BCUT2D eigenvalue weighted by atomic mass is 10.1. The quantitative estimate of drug-likeness (QED) is 0.448. The van der Waals surface area contributed by atoms with Crippen LogP contribution in [0.5, 0.6) is 5.75 Å². The average Bonchev–Trinajstić information content (AvgIpc) is 2.58. The second-order valence-corrected chi connectivity index (χ2v) is 5.32. The first-order chi connectivity index (χ1) is 12.6. The number of rotatable bonds is 6. The van der Waals surface area contributed by atoms with Gasteiger partial charge in [-0.05, 0) is 31.2 Å². The van der Waals surface area contributed by atoms with Crippen LogP contribution in [0.2, 0.25) is 0 Å². The maximum Gasteiger partial charge on any atom is 0.416 e. The first-order valence-electron chi connectivity index (χ1n) is 7.41. The summed E-state index contributed by atoms with van der Waals surface area (Å²) in [6, 6.07) is 6.83. The number of hydrazine groups is 1. The van der Waals surface area contributed by atoms with Crippen LogP contribution >= 0.6 is 0 Å². The van der Waals surface area contributed by atoms with Gasteiger partial charge in [-0.15, -0.1) is 0 Å². The molecule has 11 heteroatoms. The number of carbonyl (C=O) groups is 1. The van der Waals surface area contributed by atoms with E-state index >= 15 is 0 Å². The van der Waals surface area contributed by atoms with E-state index in [-0.39, 0.29) is 11.4 Å². The zero-order chi connectivity index (χ0) is 20.2. The van der Waals surface area contributed by atoms with Crippen LogP contribution in [0.25, 0.3) is 0 Å². The monoisotopic (exact) mass is 387 g/mol. The number of nitro groups is 1. The van der Waals surface area contributed by atoms with Crippen LogP contribution in [0.15, 0.2) is 42.5 Å². The van der Waals surface area contributed by atoms with Crippen LogP contribution in [0.1, 0.15) is 12.5 Å². The molecule has 7 nitrogen and oxygen atoms in total. The van der Waals surface area contributed by atoms with E-state index in [4.69, 9.17) is 4.74 Å². The van der Waals surface area contributed by atoms with Crippen molar-refractivity contribution in [3.63, 3.8) is 0 Å². The minimum absolute atomic E-state index is 0.0816. The van der Waals surface area contributed by atoms with Gasteiger partial charge in [-0.3, -0.25) is 25.8 Å². The molecule has 1 amide bonds. The third-order valence-electron chi connectivity index (χ3n) is 3.32. The van der Waals surface area contributed by atoms with Crippen molar-refractivity contribution in [2.24, 2.45) is 0 Å². The van der Waals surface area contributed by atoms with E-state index in [1.54, 1.807) is 0 Å². The summed E-state index contributed by atoms with van der Waals surface area (Å²) in [4.78, 5) is 21.9. The Bertz CT molecular complexity index is 858. The lowest BCUT2D eigenvalue weighted by Crippen LogP contribution is -2.39. The molecule has 2 N–H and O–H groups in total. The highest BCUT2D eigenvalue weighted by Crippen LogP contribution is 2.34. The van der Waals surface area contributed by atoms with Gasteiger partial charge in [0.1, 0.15) is 17.3 Å². The van der Waals surface area contributed by atoms with E-state index in [2.05, 4.69) is 10.9 Å². The number of ether oxygens (including phenoxy) is 1. The SMILES string of the molecule is C[C@H](Oc1cccc(F)c1)C(=O)NNc1ccc(C(F)(F)F)cc1[N+](=O)[O-]. The number of hydrogen-bond acceptors (Lipinski definition) is 5. The lowest BCUT2D eigenvalue weighted by molar-refractivity contribution is -0.384. The van der Waals surface area contributed by atoms with E-state index in [9.17, 15) is 32.5 Å². The van der Waals surface area contributed by atoms with Crippen LogP contribution in [-0.2, 0) is 11.0 Å². The van der Waals surface area contributed by atoms with Crippen LogP contribution in [-0.4, -0.2) is 16.9 Å². The molecule has 0 aromatic heterocycles. The highest BCUT2D eigenvalue weighted by atomic mass is 19.4. The van der Waals surface area contributed by atoms with Gasteiger partial charge < -0.3 is 4.74 Å². The molecule has 0 saturated carbocycles. The molecule has 2 aromatic rings. The van der Waals surface area contributed by atoms with Crippen molar-refractivity contribution >= 4 is 17.3 Å². The molecule has 0 fully saturated rings. The summed E-state index contributed by atoms with van der Waals surface area (Å²) in [6.45, 7) is 1.34. The fourth-order valence-electron chi connectivity index (χ4n) is 1.99. The molecule has 0 spiro atoms. The number of carbonyl (C=O) groups excluding carboxylic acids is 1. The van der Waals surface area contributed by atoms with Gasteiger partial charge in [-0.1, -0.05) is 6.07 Å².